The quantitative estimate of drug-likeness (QED) is 0.158. The Bertz CT molecular complexity index is 1250. The molecule has 1 saturated heterocycles. The normalized spacial score (nSPS) is 16.3. The number of aliphatic hydroxyl groups is 1. The highest BCUT2D eigenvalue weighted by molar-refractivity contribution is 6.19. The van der Waals surface area contributed by atoms with Crippen LogP contribution < -0.4 is 20.3 Å². The molecule has 2 heterocycles. The average Bonchev–Trinajstić information content (AvgIpc) is 3.31. The number of carbonyl (C=O) groups excluding carboxylic acids is 2. The first-order valence-corrected chi connectivity index (χ1v) is 14.9. The molecule has 4 rings (SSSR count). The number of rotatable bonds is 15. The van der Waals surface area contributed by atoms with Crippen LogP contribution in [0.5, 0.6) is 5.75 Å². The van der Waals surface area contributed by atoms with Crippen molar-refractivity contribution in [1.29, 1.82) is 0 Å². The minimum Gasteiger partial charge on any atom is -0.463 e. The van der Waals surface area contributed by atoms with Crippen molar-refractivity contribution in [2.45, 2.75) is 77.3 Å². The van der Waals surface area contributed by atoms with Crippen molar-refractivity contribution in [3.8, 4) is 17.6 Å². The van der Waals surface area contributed by atoms with Crippen molar-refractivity contribution >= 4 is 17.6 Å². The third-order valence-electron chi connectivity index (χ3n) is 7.15. The standard InChI is InChI=1S/C33H43N3O6/c1-33(2)41-24-27-21-26(15-16-30(27)42-33)29(37)22-34-17-8-4-6-10-19-40-18-9-5-3-7-12-25-13-11-14-28(20-25)36-31(38)23-35-32(36)39/h11,13-16,20-21,29,34,37H,3-6,8-10,17-19,22-24H2,1-2H3,(H,35,39)/t29-/m0/s1. The first kappa shape index (κ1) is 31.5. The van der Waals surface area contributed by atoms with Crippen molar-refractivity contribution < 1.29 is 28.9 Å². The first-order chi connectivity index (χ1) is 20.3. The predicted octanol–water partition coefficient (Wildman–Crippen LogP) is 4.81. The molecule has 1 atom stereocenters. The number of hydrogen-bond donors (Lipinski definition) is 3. The number of fused-ring (bicyclic) bond motifs is 1. The highest BCUT2D eigenvalue weighted by Gasteiger charge is 2.30. The maximum absolute atomic E-state index is 11.9. The maximum Gasteiger partial charge on any atom is 0.329 e. The van der Waals surface area contributed by atoms with Crippen LogP contribution in [0.1, 0.15) is 81.6 Å². The summed E-state index contributed by atoms with van der Waals surface area (Å²) in [6.07, 6.45) is 6.50. The molecular weight excluding hydrogens is 534 g/mol. The third kappa shape index (κ3) is 9.57. The van der Waals surface area contributed by atoms with Gasteiger partial charge in [0.05, 0.1) is 24.9 Å². The highest BCUT2D eigenvalue weighted by Crippen LogP contribution is 2.32. The van der Waals surface area contributed by atoms with Crippen LogP contribution in [0.25, 0.3) is 0 Å². The van der Waals surface area contributed by atoms with Crippen molar-refractivity contribution in [3.63, 3.8) is 0 Å². The van der Waals surface area contributed by atoms with Gasteiger partial charge in [-0.2, -0.15) is 0 Å². The molecular formula is C33H43N3O6. The van der Waals surface area contributed by atoms with Gasteiger partial charge in [0.1, 0.15) is 5.75 Å². The van der Waals surface area contributed by atoms with Crippen molar-refractivity contribution in [2.24, 2.45) is 0 Å². The number of urea groups is 1. The Morgan fingerprint density at radius 3 is 2.69 bits per heavy atom. The number of nitrogens with zero attached hydrogens (tertiary/aromatic N) is 1. The van der Waals surface area contributed by atoms with E-state index < -0.39 is 17.9 Å². The molecule has 0 aromatic heterocycles. The lowest BCUT2D eigenvalue weighted by molar-refractivity contribution is -0.180. The van der Waals surface area contributed by atoms with E-state index in [1.54, 1.807) is 18.2 Å². The fraction of sp³-hybridized carbons (Fsp3) is 0.515. The second-order valence-electron chi connectivity index (χ2n) is 11.1. The molecule has 1 fully saturated rings. The van der Waals surface area contributed by atoms with E-state index in [-0.39, 0.29) is 12.5 Å². The number of amides is 3. The van der Waals surface area contributed by atoms with Crippen LogP contribution in [0.2, 0.25) is 0 Å². The molecule has 9 nitrogen and oxygen atoms in total. The van der Waals surface area contributed by atoms with Gasteiger partial charge < -0.3 is 30.0 Å². The first-order valence-electron chi connectivity index (χ1n) is 14.9. The number of anilines is 1. The van der Waals surface area contributed by atoms with Crippen LogP contribution >= 0.6 is 0 Å². The Balaban J connectivity index is 0.973. The fourth-order valence-electron chi connectivity index (χ4n) is 4.82. The van der Waals surface area contributed by atoms with Crippen molar-refractivity contribution in [3.05, 3.63) is 59.2 Å². The maximum atomic E-state index is 11.9. The second-order valence-corrected chi connectivity index (χ2v) is 11.1. The molecule has 0 aliphatic carbocycles. The predicted molar refractivity (Wildman–Crippen MR) is 161 cm³/mol. The minimum atomic E-state index is -0.616. The SMILES string of the molecule is CC1(C)OCc2cc([C@@H](O)CNCCCCCCOCCCCC#Cc3cccc(N4C(=O)CNC4=O)c3)ccc2O1. The van der Waals surface area contributed by atoms with E-state index in [2.05, 4.69) is 22.5 Å². The lowest BCUT2D eigenvalue weighted by Gasteiger charge is -2.33. The van der Waals surface area contributed by atoms with Gasteiger partial charge in [0, 0.05) is 51.2 Å². The molecule has 2 aromatic rings. The van der Waals surface area contributed by atoms with Gasteiger partial charge in [0.15, 0.2) is 0 Å². The number of nitrogens with one attached hydrogen (secondary N) is 2. The molecule has 2 aromatic carbocycles. The Morgan fingerprint density at radius 2 is 1.88 bits per heavy atom. The topological polar surface area (TPSA) is 109 Å². The van der Waals surface area contributed by atoms with Crippen LogP contribution in [-0.4, -0.2) is 55.7 Å². The van der Waals surface area contributed by atoms with E-state index in [0.717, 1.165) is 92.0 Å². The van der Waals surface area contributed by atoms with Crippen LogP contribution in [0, 0.1) is 11.8 Å². The highest BCUT2D eigenvalue weighted by atomic mass is 16.7. The summed E-state index contributed by atoms with van der Waals surface area (Å²) in [7, 11) is 0. The third-order valence-corrected chi connectivity index (χ3v) is 7.15. The summed E-state index contributed by atoms with van der Waals surface area (Å²) in [6, 6.07) is 12.6. The Kier molecular flexibility index (Phi) is 11.8. The molecule has 0 saturated carbocycles. The van der Waals surface area contributed by atoms with E-state index in [4.69, 9.17) is 14.2 Å². The molecule has 0 spiro atoms. The van der Waals surface area contributed by atoms with E-state index in [0.29, 0.717) is 18.8 Å². The lowest BCUT2D eigenvalue weighted by atomic mass is 10.0. The van der Waals surface area contributed by atoms with Gasteiger partial charge in [-0.15, -0.1) is 0 Å². The molecule has 42 heavy (non-hydrogen) atoms. The number of benzene rings is 2. The van der Waals surface area contributed by atoms with Gasteiger partial charge in [-0.05, 0) is 68.1 Å². The van der Waals surface area contributed by atoms with E-state index in [9.17, 15) is 14.7 Å². The van der Waals surface area contributed by atoms with Gasteiger partial charge in [-0.1, -0.05) is 36.8 Å². The number of hydrogen-bond acceptors (Lipinski definition) is 7. The van der Waals surface area contributed by atoms with Gasteiger partial charge in [0.2, 0.25) is 5.79 Å². The number of aliphatic hydroxyl groups excluding tert-OH is 1. The molecule has 0 bridgehead atoms. The number of unbranched alkanes of at least 4 members (excludes halogenated alkanes) is 5. The van der Waals surface area contributed by atoms with Crippen molar-refractivity contribution in [2.75, 3.05) is 37.7 Å². The monoisotopic (exact) mass is 577 g/mol. The zero-order chi connectivity index (χ0) is 29.8. The van der Waals surface area contributed by atoms with E-state index in [1.807, 2.05) is 38.1 Å². The van der Waals surface area contributed by atoms with E-state index in [1.165, 1.54) is 0 Å². The van der Waals surface area contributed by atoms with Crippen LogP contribution in [0.3, 0.4) is 0 Å². The molecule has 9 heteroatoms. The van der Waals surface area contributed by atoms with E-state index >= 15 is 0 Å². The average molecular weight is 578 g/mol. The van der Waals surface area contributed by atoms with Crippen LogP contribution in [0.15, 0.2) is 42.5 Å². The lowest BCUT2D eigenvalue weighted by Crippen LogP contribution is -2.35. The molecule has 226 valence electrons. The largest absolute Gasteiger partial charge is 0.463 e. The van der Waals surface area contributed by atoms with Gasteiger partial charge in [-0.25, -0.2) is 9.69 Å². The molecule has 3 N–H and O–H groups in total. The van der Waals surface area contributed by atoms with Crippen LogP contribution in [-0.2, 0) is 20.9 Å². The van der Waals surface area contributed by atoms with Crippen molar-refractivity contribution in [1.82, 2.24) is 10.6 Å². The second kappa shape index (κ2) is 15.7. The summed E-state index contributed by atoms with van der Waals surface area (Å²) in [4.78, 5) is 24.9. The summed E-state index contributed by atoms with van der Waals surface area (Å²) < 4.78 is 17.3. The Morgan fingerprint density at radius 1 is 1.07 bits per heavy atom. The summed E-state index contributed by atoms with van der Waals surface area (Å²) in [6.45, 7) is 7.21. The Labute approximate surface area is 248 Å². The van der Waals surface area contributed by atoms with Crippen LogP contribution in [0.4, 0.5) is 10.5 Å². The molecule has 0 radical (unpaired) electrons. The summed E-state index contributed by atoms with van der Waals surface area (Å²) in [5.74, 6) is 6.23. The fourth-order valence-corrected chi connectivity index (χ4v) is 4.82. The summed E-state index contributed by atoms with van der Waals surface area (Å²) in [5, 5.41) is 16.4. The van der Waals surface area contributed by atoms with Gasteiger partial charge >= 0.3 is 6.03 Å². The Hall–Kier alpha value is -3.42. The van der Waals surface area contributed by atoms with Gasteiger partial charge in [-0.3, -0.25) is 4.79 Å². The smallest absolute Gasteiger partial charge is 0.329 e. The molecule has 0 unspecified atom stereocenters. The number of carbonyl (C=O) groups is 2. The molecule has 3 amide bonds. The molecule has 2 aliphatic rings. The zero-order valence-corrected chi connectivity index (χ0v) is 24.7. The minimum absolute atomic E-state index is 0.0320. The summed E-state index contributed by atoms with van der Waals surface area (Å²) >= 11 is 0. The molecule has 2 aliphatic heterocycles. The van der Waals surface area contributed by atoms with Gasteiger partial charge in [0.25, 0.3) is 5.91 Å². The number of imide groups is 1. The number of ether oxygens (including phenoxy) is 3. The summed E-state index contributed by atoms with van der Waals surface area (Å²) in [5.41, 5.74) is 3.17. The zero-order valence-electron chi connectivity index (χ0n) is 24.7.